The Morgan fingerprint density at radius 1 is 1.22 bits per heavy atom. The number of nitrogens with one attached hydrogen (secondary N) is 1. The molecule has 124 valence electrons. The molecule has 1 aromatic heterocycles. The summed E-state index contributed by atoms with van der Waals surface area (Å²) in [7, 11) is -3.04. The number of benzene rings is 1. The molecule has 0 radical (unpaired) electrons. The predicted octanol–water partition coefficient (Wildman–Crippen LogP) is 1.01. The standard InChI is InChI=1S/C15H19N3O3S2/c1-23(20,21)10-15-17-13(9-22-15)7-6-11-2-4-12(5-3-11)8-14(19)18-16/h2-5,9H,6-8,10,16H2,1H3,(H,18,19). The second kappa shape index (κ2) is 7.67. The van der Waals surface area contributed by atoms with Gasteiger partial charge in [0.1, 0.15) is 10.8 Å². The summed E-state index contributed by atoms with van der Waals surface area (Å²) in [6.45, 7) is 0. The smallest absolute Gasteiger partial charge is 0.238 e. The molecule has 0 aliphatic rings. The summed E-state index contributed by atoms with van der Waals surface area (Å²) in [5, 5.41) is 2.53. The summed E-state index contributed by atoms with van der Waals surface area (Å²) in [5.41, 5.74) is 5.05. The largest absolute Gasteiger partial charge is 0.294 e. The lowest BCUT2D eigenvalue weighted by Gasteiger charge is -2.03. The van der Waals surface area contributed by atoms with E-state index in [-0.39, 0.29) is 18.1 Å². The Hall–Kier alpha value is -1.77. The maximum absolute atomic E-state index is 11.2. The highest BCUT2D eigenvalue weighted by Crippen LogP contribution is 2.15. The fraction of sp³-hybridized carbons (Fsp3) is 0.333. The quantitative estimate of drug-likeness (QED) is 0.439. The minimum atomic E-state index is -3.04. The molecule has 2 rings (SSSR count). The predicted molar refractivity (Wildman–Crippen MR) is 90.5 cm³/mol. The molecule has 0 aliphatic carbocycles. The lowest BCUT2D eigenvalue weighted by molar-refractivity contribution is -0.120. The first-order chi connectivity index (χ1) is 10.9. The monoisotopic (exact) mass is 353 g/mol. The van der Waals surface area contributed by atoms with Crippen molar-refractivity contribution in [2.24, 2.45) is 5.84 Å². The van der Waals surface area contributed by atoms with E-state index in [9.17, 15) is 13.2 Å². The van der Waals surface area contributed by atoms with Gasteiger partial charge in [0.2, 0.25) is 5.91 Å². The van der Waals surface area contributed by atoms with E-state index in [2.05, 4.69) is 10.4 Å². The maximum atomic E-state index is 11.2. The van der Waals surface area contributed by atoms with Crippen LogP contribution in [0.1, 0.15) is 21.8 Å². The lowest BCUT2D eigenvalue weighted by Crippen LogP contribution is -2.31. The van der Waals surface area contributed by atoms with Gasteiger partial charge in [0.25, 0.3) is 0 Å². The van der Waals surface area contributed by atoms with Crippen LogP contribution in [0.4, 0.5) is 0 Å². The second-order valence-electron chi connectivity index (χ2n) is 5.36. The zero-order valence-corrected chi connectivity index (χ0v) is 14.4. The molecule has 0 spiro atoms. The number of hydrazine groups is 1. The zero-order chi connectivity index (χ0) is 16.9. The number of thiazole rings is 1. The fourth-order valence-corrected chi connectivity index (χ4v) is 4.13. The maximum Gasteiger partial charge on any atom is 0.238 e. The minimum absolute atomic E-state index is 0.00439. The fourth-order valence-electron chi connectivity index (χ4n) is 2.09. The highest BCUT2D eigenvalue weighted by Gasteiger charge is 2.09. The van der Waals surface area contributed by atoms with E-state index in [4.69, 9.17) is 5.84 Å². The topological polar surface area (TPSA) is 102 Å². The average Bonchev–Trinajstić information content (AvgIpc) is 2.92. The van der Waals surface area contributed by atoms with Gasteiger partial charge in [-0.2, -0.15) is 0 Å². The van der Waals surface area contributed by atoms with Gasteiger partial charge >= 0.3 is 0 Å². The van der Waals surface area contributed by atoms with Crippen molar-refractivity contribution in [3.8, 4) is 0 Å². The van der Waals surface area contributed by atoms with Crippen molar-refractivity contribution in [3.63, 3.8) is 0 Å². The summed E-state index contributed by atoms with van der Waals surface area (Å²) >= 11 is 1.38. The van der Waals surface area contributed by atoms with E-state index in [0.29, 0.717) is 5.01 Å². The van der Waals surface area contributed by atoms with Gasteiger partial charge in [-0.3, -0.25) is 10.2 Å². The van der Waals surface area contributed by atoms with Gasteiger partial charge in [0.05, 0.1) is 12.1 Å². The van der Waals surface area contributed by atoms with Gasteiger partial charge in [-0.25, -0.2) is 19.2 Å². The van der Waals surface area contributed by atoms with Crippen LogP contribution in [0.2, 0.25) is 0 Å². The SMILES string of the molecule is CS(=O)(=O)Cc1nc(CCc2ccc(CC(=O)NN)cc2)cs1. The van der Waals surface area contributed by atoms with Gasteiger partial charge < -0.3 is 0 Å². The van der Waals surface area contributed by atoms with Gasteiger partial charge in [-0.15, -0.1) is 11.3 Å². The summed E-state index contributed by atoms with van der Waals surface area (Å²) in [6, 6.07) is 7.76. The zero-order valence-electron chi connectivity index (χ0n) is 12.8. The van der Waals surface area contributed by atoms with Crippen molar-refractivity contribution in [2.75, 3.05) is 6.26 Å². The molecule has 0 aliphatic heterocycles. The molecule has 0 atom stereocenters. The van der Waals surface area contributed by atoms with Crippen molar-refractivity contribution in [1.82, 2.24) is 10.4 Å². The summed E-state index contributed by atoms with van der Waals surface area (Å²) in [6.07, 6.45) is 3.03. The van der Waals surface area contributed by atoms with E-state index in [1.54, 1.807) is 0 Å². The van der Waals surface area contributed by atoms with Crippen LogP contribution in [-0.2, 0) is 39.6 Å². The van der Waals surface area contributed by atoms with Crippen molar-refractivity contribution in [1.29, 1.82) is 0 Å². The molecule has 0 bridgehead atoms. The van der Waals surface area contributed by atoms with Crippen molar-refractivity contribution in [3.05, 3.63) is 51.5 Å². The molecule has 3 N–H and O–H groups in total. The van der Waals surface area contributed by atoms with E-state index in [0.717, 1.165) is 29.7 Å². The van der Waals surface area contributed by atoms with E-state index in [1.165, 1.54) is 17.6 Å². The Balaban J connectivity index is 1.89. The highest BCUT2D eigenvalue weighted by molar-refractivity contribution is 7.90. The van der Waals surface area contributed by atoms with Crippen LogP contribution < -0.4 is 11.3 Å². The molecule has 0 saturated heterocycles. The summed E-state index contributed by atoms with van der Waals surface area (Å²) in [5.74, 6) is 4.83. The first-order valence-electron chi connectivity index (χ1n) is 7.04. The molecule has 1 aromatic carbocycles. The molecule has 8 heteroatoms. The molecule has 6 nitrogen and oxygen atoms in total. The molecular formula is C15H19N3O3S2. The highest BCUT2D eigenvalue weighted by atomic mass is 32.2. The Morgan fingerprint density at radius 3 is 2.48 bits per heavy atom. The second-order valence-corrected chi connectivity index (χ2v) is 8.45. The number of amides is 1. The number of carbonyl (C=O) groups is 1. The third-order valence-corrected chi connectivity index (χ3v) is 5.08. The first kappa shape index (κ1) is 17.6. The Kier molecular flexibility index (Phi) is 5.86. The Morgan fingerprint density at radius 2 is 1.87 bits per heavy atom. The normalized spacial score (nSPS) is 11.4. The number of carbonyl (C=O) groups excluding carboxylic acids is 1. The molecule has 1 heterocycles. The third kappa shape index (κ3) is 6.09. The van der Waals surface area contributed by atoms with E-state index >= 15 is 0 Å². The van der Waals surface area contributed by atoms with Crippen LogP contribution in [0.25, 0.3) is 0 Å². The molecule has 0 fully saturated rings. The Bertz CT molecular complexity index is 768. The molecule has 0 saturated carbocycles. The lowest BCUT2D eigenvalue weighted by atomic mass is 10.0. The average molecular weight is 353 g/mol. The molecule has 23 heavy (non-hydrogen) atoms. The van der Waals surface area contributed by atoms with Gasteiger partial charge in [0.15, 0.2) is 9.84 Å². The molecule has 2 aromatic rings. The number of hydrogen-bond acceptors (Lipinski definition) is 6. The molecule has 0 unspecified atom stereocenters. The van der Waals surface area contributed by atoms with Crippen LogP contribution in [0.5, 0.6) is 0 Å². The number of aryl methyl sites for hydroxylation is 2. The number of hydrogen-bond donors (Lipinski definition) is 2. The van der Waals surface area contributed by atoms with Gasteiger partial charge in [-0.05, 0) is 24.0 Å². The summed E-state index contributed by atoms with van der Waals surface area (Å²) in [4.78, 5) is 15.5. The number of nitrogens with two attached hydrogens (primary N) is 1. The number of rotatable bonds is 7. The third-order valence-electron chi connectivity index (χ3n) is 3.20. The van der Waals surface area contributed by atoms with Crippen LogP contribution in [0.15, 0.2) is 29.6 Å². The molecule has 1 amide bonds. The minimum Gasteiger partial charge on any atom is -0.294 e. The number of nitrogens with zero attached hydrogens (tertiary/aromatic N) is 1. The van der Waals surface area contributed by atoms with Crippen LogP contribution in [0, 0.1) is 0 Å². The van der Waals surface area contributed by atoms with Crippen LogP contribution in [0.3, 0.4) is 0 Å². The number of aromatic nitrogens is 1. The van der Waals surface area contributed by atoms with Gasteiger partial charge in [0, 0.05) is 11.6 Å². The van der Waals surface area contributed by atoms with Crippen molar-refractivity contribution < 1.29 is 13.2 Å². The van der Waals surface area contributed by atoms with Crippen molar-refractivity contribution in [2.45, 2.75) is 25.0 Å². The summed E-state index contributed by atoms with van der Waals surface area (Å²) < 4.78 is 22.5. The van der Waals surface area contributed by atoms with E-state index in [1.807, 2.05) is 29.6 Å². The number of sulfone groups is 1. The van der Waals surface area contributed by atoms with Crippen LogP contribution >= 0.6 is 11.3 Å². The molecular weight excluding hydrogens is 334 g/mol. The Labute approximate surface area is 139 Å². The van der Waals surface area contributed by atoms with E-state index < -0.39 is 9.84 Å². The van der Waals surface area contributed by atoms with Gasteiger partial charge in [-0.1, -0.05) is 24.3 Å². The first-order valence-corrected chi connectivity index (χ1v) is 9.98. The van der Waals surface area contributed by atoms with Crippen LogP contribution in [-0.4, -0.2) is 25.6 Å². The van der Waals surface area contributed by atoms with Crippen molar-refractivity contribution >= 4 is 27.1 Å².